The molecule has 0 spiro atoms. The van der Waals surface area contributed by atoms with Gasteiger partial charge in [0.25, 0.3) is 5.91 Å². The summed E-state index contributed by atoms with van der Waals surface area (Å²) in [6, 6.07) is 12.1. The summed E-state index contributed by atoms with van der Waals surface area (Å²) in [4.78, 5) is 16.0. The van der Waals surface area contributed by atoms with Crippen LogP contribution in [0.4, 0.5) is 5.82 Å². The van der Waals surface area contributed by atoms with Gasteiger partial charge in [-0.15, -0.1) is 0 Å². The average molecular weight is 258 g/mol. The van der Waals surface area contributed by atoms with Gasteiger partial charge in [-0.25, -0.2) is 4.98 Å². The van der Waals surface area contributed by atoms with Crippen molar-refractivity contribution in [1.82, 2.24) is 4.98 Å². The van der Waals surface area contributed by atoms with Crippen molar-refractivity contribution in [3.8, 4) is 5.75 Å². The van der Waals surface area contributed by atoms with E-state index in [9.17, 15) is 9.90 Å². The minimum Gasteiger partial charge on any atom is -0.504 e. The van der Waals surface area contributed by atoms with E-state index in [2.05, 4.69) is 10.3 Å². The number of carbonyl (C=O) groups excluding carboxylic acids is 1. The highest BCUT2D eigenvalue weighted by molar-refractivity contribution is 5.95. The highest BCUT2D eigenvalue weighted by Crippen LogP contribution is 2.22. The summed E-state index contributed by atoms with van der Waals surface area (Å²) in [7, 11) is 1.45. The third kappa shape index (κ3) is 3.08. The van der Waals surface area contributed by atoms with E-state index in [1.165, 1.54) is 19.4 Å². The Bertz CT molecular complexity index is 558. The molecule has 0 aliphatic carbocycles. The molecule has 0 saturated heterocycles. The molecule has 5 nitrogen and oxygen atoms in total. The molecule has 2 aromatic rings. The van der Waals surface area contributed by atoms with Crippen LogP contribution in [0.1, 0.15) is 11.7 Å². The Labute approximate surface area is 110 Å². The van der Waals surface area contributed by atoms with Gasteiger partial charge in [0.05, 0.1) is 0 Å². The lowest BCUT2D eigenvalue weighted by molar-refractivity contribution is -0.126. The molecule has 19 heavy (non-hydrogen) atoms. The van der Waals surface area contributed by atoms with Crippen molar-refractivity contribution in [2.45, 2.75) is 6.10 Å². The summed E-state index contributed by atoms with van der Waals surface area (Å²) in [6.07, 6.45) is 0.738. The molecule has 1 amide bonds. The van der Waals surface area contributed by atoms with E-state index in [0.717, 1.165) is 5.56 Å². The quantitative estimate of drug-likeness (QED) is 0.881. The molecule has 0 aliphatic heterocycles. The Kier molecular flexibility index (Phi) is 4.10. The van der Waals surface area contributed by atoms with Gasteiger partial charge in [0.2, 0.25) is 0 Å². The van der Waals surface area contributed by atoms with Crippen molar-refractivity contribution in [3.63, 3.8) is 0 Å². The van der Waals surface area contributed by atoms with Crippen LogP contribution in [0, 0.1) is 0 Å². The number of ether oxygens (including phenoxy) is 1. The number of aromatic hydroxyl groups is 1. The van der Waals surface area contributed by atoms with E-state index in [4.69, 9.17) is 4.74 Å². The molecule has 98 valence electrons. The number of carbonyl (C=O) groups is 1. The SMILES string of the molecule is COC(C(=O)Nc1ncccc1O)c1ccccc1. The number of hydrogen-bond acceptors (Lipinski definition) is 4. The number of benzene rings is 1. The lowest BCUT2D eigenvalue weighted by Crippen LogP contribution is -2.23. The summed E-state index contributed by atoms with van der Waals surface area (Å²) in [5.41, 5.74) is 0.734. The van der Waals surface area contributed by atoms with Crippen LogP contribution in [0.15, 0.2) is 48.7 Å². The van der Waals surface area contributed by atoms with Gasteiger partial charge in [0, 0.05) is 13.3 Å². The van der Waals surface area contributed by atoms with Gasteiger partial charge in [0.1, 0.15) is 0 Å². The van der Waals surface area contributed by atoms with E-state index >= 15 is 0 Å². The lowest BCUT2D eigenvalue weighted by Gasteiger charge is -2.15. The number of pyridine rings is 1. The van der Waals surface area contributed by atoms with E-state index < -0.39 is 6.10 Å². The van der Waals surface area contributed by atoms with Crippen molar-refractivity contribution in [1.29, 1.82) is 0 Å². The molecule has 1 unspecified atom stereocenters. The maximum absolute atomic E-state index is 12.1. The van der Waals surface area contributed by atoms with E-state index in [0.29, 0.717) is 0 Å². The molecule has 2 rings (SSSR count). The van der Waals surface area contributed by atoms with Crippen LogP contribution >= 0.6 is 0 Å². The second-order valence-corrected chi connectivity index (χ2v) is 3.89. The monoisotopic (exact) mass is 258 g/mol. The summed E-state index contributed by atoms with van der Waals surface area (Å²) >= 11 is 0. The summed E-state index contributed by atoms with van der Waals surface area (Å²) in [5.74, 6) is -0.355. The predicted molar refractivity (Wildman–Crippen MR) is 70.7 cm³/mol. The predicted octanol–water partition coefficient (Wildman–Crippen LogP) is 2.11. The van der Waals surface area contributed by atoms with Gasteiger partial charge in [-0.1, -0.05) is 30.3 Å². The number of amides is 1. The topological polar surface area (TPSA) is 71.5 Å². The zero-order valence-electron chi connectivity index (χ0n) is 10.4. The maximum Gasteiger partial charge on any atom is 0.259 e. The second-order valence-electron chi connectivity index (χ2n) is 3.89. The number of anilines is 1. The van der Waals surface area contributed by atoms with Crippen LogP contribution in [-0.2, 0) is 9.53 Å². The molecule has 2 N–H and O–H groups in total. The fraction of sp³-hybridized carbons (Fsp3) is 0.143. The maximum atomic E-state index is 12.1. The Morgan fingerprint density at radius 2 is 2.00 bits per heavy atom. The molecule has 1 heterocycles. The molecular formula is C14H14N2O3. The number of methoxy groups -OCH3 is 1. The van der Waals surface area contributed by atoms with Crippen molar-refractivity contribution in [3.05, 3.63) is 54.2 Å². The molecule has 1 aromatic heterocycles. The van der Waals surface area contributed by atoms with Crippen molar-refractivity contribution in [2.75, 3.05) is 12.4 Å². The van der Waals surface area contributed by atoms with Gasteiger partial charge in [0.15, 0.2) is 17.7 Å². The van der Waals surface area contributed by atoms with Crippen LogP contribution in [0.2, 0.25) is 0 Å². The van der Waals surface area contributed by atoms with Gasteiger partial charge in [-0.05, 0) is 17.7 Å². The zero-order chi connectivity index (χ0) is 13.7. The molecule has 0 saturated carbocycles. The minimum atomic E-state index is -0.748. The Morgan fingerprint density at radius 1 is 1.26 bits per heavy atom. The molecular weight excluding hydrogens is 244 g/mol. The first-order valence-electron chi connectivity index (χ1n) is 5.75. The summed E-state index contributed by atoms with van der Waals surface area (Å²) in [6.45, 7) is 0. The van der Waals surface area contributed by atoms with Gasteiger partial charge < -0.3 is 15.2 Å². The van der Waals surface area contributed by atoms with Crippen molar-refractivity contribution in [2.24, 2.45) is 0 Å². The first-order valence-corrected chi connectivity index (χ1v) is 5.75. The van der Waals surface area contributed by atoms with Crippen LogP contribution in [0.25, 0.3) is 0 Å². The van der Waals surface area contributed by atoms with Crippen LogP contribution in [0.5, 0.6) is 5.75 Å². The molecule has 1 aromatic carbocycles. The highest BCUT2D eigenvalue weighted by atomic mass is 16.5. The third-order valence-corrected chi connectivity index (χ3v) is 2.60. The number of nitrogens with zero attached hydrogens (tertiary/aromatic N) is 1. The third-order valence-electron chi connectivity index (χ3n) is 2.60. The number of aromatic nitrogens is 1. The fourth-order valence-electron chi connectivity index (χ4n) is 1.70. The standard InChI is InChI=1S/C14H14N2O3/c1-19-12(10-6-3-2-4-7-10)14(18)16-13-11(17)8-5-9-15-13/h2-9,12,17H,1H3,(H,15,16,18). The molecule has 0 bridgehead atoms. The van der Waals surface area contributed by atoms with Crippen molar-refractivity contribution >= 4 is 11.7 Å². The van der Waals surface area contributed by atoms with Gasteiger partial charge >= 0.3 is 0 Å². The normalized spacial score (nSPS) is 11.8. The number of nitrogens with one attached hydrogen (secondary N) is 1. The molecule has 0 fully saturated rings. The van der Waals surface area contributed by atoms with Crippen LogP contribution < -0.4 is 5.32 Å². The van der Waals surface area contributed by atoms with E-state index in [-0.39, 0.29) is 17.5 Å². The largest absolute Gasteiger partial charge is 0.504 e. The Balaban J connectivity index is 2.17. The fourth-order valence-corrected chi connectivity index (χ4v) is 1.70. The number of rotatable bonds is 4. The summed E-state index contributed by atoms with van der Waals surface area (Å²) in [5, 5.41) is 12.1. The first kappa shape index (κ1) is 13.0. The molecule has 0 radical (unpaired) electrons. The second kappa shape index (κ2) is 5.97. The van der Waals surface area contributed by atoms with E-state index in [1.54, 1.807) is 18.2 Å². The Hall–Kier alpha value is -2.40. The summed E-state index contributed by atoms with van der Waals surface area (Å²) < 4.78 is 5.19. The highest BCUT2D eigenvalue weighted by Gasteiger charge is 2.21. The molecule has 1 atom stereocenters. The van der Waals surface area contributed by atoms with E-state index in [1.807, 2.05) is 18.2 Å². The van der Waals surface area contributed by atoms with Crippen molar-refractivity contribution < 1.29 is 14.6 Å². The van der Waals surface area contributed by atoms with Crippen LogP contribution in [0.3, 0.4) is 0 Å². The van der Waals surface area contributed by atoms with Gasteiger partial charge in [-0.3, -0.25) is 4.79 Å². The average Bonchev–Trinajstić information content (AvgIpc) is 2.43. The Morgan fingerprint density at radius 3 is 2.63 bits per heavy atom. The lowest BCUT2D eigenvalue weighted by atomic mass is 10.1. The number of hydrogen-bond donors (Lipinski definition) is 2. The minimum absolute atomic E-state index is 0.0845. The molecule has 0 aliphatic rings. The smallest absolute Gasteiger partial charge is 0.259 e. The zero-order valence-corrected chi connectivity index (χ0v) is 10.4. The first-order chi connectivity index (χ1) is 9.22. The van der Waals surface area contributed by atoms with Gasteiger partial charge in [-0.2, -0.15) is 0 Å². The van der Waals surface area contributed by atoms with Crippen LogP contribution in [-0.4, -0.2) is 23.1 Å². The molecule has 5 heteroatoms.